The normalized spacial score (nSPS) is 15.6. The lowest BCUT2D eigenvalue weighted by Crippen LogP contribution is -2.54. The first-order valence-electron chi connectivity index (χ1n) is 7.94. The third-order valence-electron chi connectivity index (χ3n) is 3.93. The molecule has 144 valence electrons. The summed E-state index contributed by atoms with van der Waals surface area (Å²) in [5.74, 6) is -0.591. The lowest BCUT2D eigenvalue weighted by molar-refractivity contribution is -0.122. The molecular weight excluding hydrogens is 496 g/mol. The van der Waals surface area contributed by atoms with Crippen LogP contribution in [0.25, 0.3) is 6.08 Å². The van der Waals surface area contributed by atoms with Gasteiger partial charge in [-0.05, 0) is 57.9 Å². The summed E-state index contributed by atoms with van der Waals surface area (Å²) in [5.41, 5.74) is 0.675. The van der Waals surface area contributed by atoms with Gasteiger partial charge in [0.1, 0.15) is 5.57 Å². The van der Waals surface area contributed by atoms with E-state index < -0.39 is 17.8 Å². The Balaban J connectivity index is 2.06. The average molecular weight is 510 g/mol. The minimum absolute atomic E-state index is 0.182. The molecule has 9 heteroatoms. The van der Waals surface area contributed by atoms with Crippen molar-refractivity contribution >= 4 is 61.5 Å². The standard InChI is InChI=1S/C19H14Br2N2O5/c1-27-15-8-10(7-14(21)16(15)28-2)6-13-17(24)22-19(26)23(18(13)25)12-5-3-4-11(20)9-12/h3-9H,1-2H3,(H,22,24,26)/b13-6-. The fourth-order valence-corrected chi connectivity index (χ4v) is 3.70. The molecule has 0 bridgehead atoms. The van der Waals surface area contributed by atoms with Gasteiger partial charge in [0.25, 0.3) is 11.8 Å². The van der Waals surface area contributed by atoms with Crippen LogP contribution in [0.15, 0.2) is 50.9 Å². The Morgan fingerprint density at radius 3 is 2.43 bits per heavy atom. The average Bonchev–Trinajstić information content (AvgIpc) is 2.64. The first kappa shape index (κ1) is 20.1. The van der Waals surface area contributed by atoms with E-state index in [1.54, 1.807) is 36.4 Å². The van der Waals surface area contributed by atoms with E-state index in [-0.39, 0.29) is 5.57 Å². The second kappa shape index (κ2) is 8.15. The maximum absolute atomic E-state index is 12.9. The van der Waals surface area contributed by atoms with E-state index in [9.17, 15) is 14.4 Å². The molecule has 0 unspecified atom stereocenters. The van der Waals surface area contributed by atoms with Gasteiger partial charge in [-0.3, -0.25) is 14.9 Å². The molecule has 0 saturated carbocycles. The number of carbonyl (C=O) groups excluding carboxylic acids is 3. The van der Waals surface area contributed by atoms with Gasteiger partial charge in [0.05, 0.1) is 24.4 Å². The Morgan fingerprint density at radius 1 is 1.04 bits per heavy atom. The highest BCUT2D eigenvalue weighted by Crippen LogP contribution is 2.37. The summed E-state index contributed by atoms with van der Waals surface area (Å²) in [7, 11) is 2.98. The highest BCUT2D eigenvalue weighted by atomic mass is 79.9. The minimum Gasteiger partial charge on any atom is -0.493 e. The van der Waals surface area contributed by atoms with Crippen molar-refractivity contribution in [3.63, 3.8) is 0 Å². The van der Waals surface area contributed by atoms with Crippen LogP contribution in [0.1, 0.15) is 5.56 Å². The van der Waals surface area contributed by atoms with Crippen LogP contribution in [0, 0.1) is 0 Å². The molecule has 0 atom stereocenters. The first-order valence-corrected chi connectivity index (χ1v) is 9.53. The molecule has 1 fully saturated rings. The van der Waals surface area contributed by atoms with E-state index in [0.29, 0.717) is 31.7 Å². The molecule has 1 saturated heterocycles. The van der Waals surface area contributed by atoms with Crippen molar-refractivity contribution in [1.82, 2.24) is 5.32 Å². The molecule has 7 nitrogen and oxygen atoms in total. The van der Waals surface area contributed by atoms with Gasteiger partial charge in [-0.15, -0.1) is 0 Å². The molecule has 2 aromatic rings. The van der Waals surface area contributed by atoms with Crippen molar-refractivity contribution in [3.05, 3.63) is 56.5 Å². The summed E-state index contributed by atoms with van der Waals surface area (Å²) < 4.78 is 11.8. The van der Waals surface area contributed by atoms with Gasteiger partial charge in [0.15, 0.2) is 11.5 Å². The number of carbonyl (C=O) groups is 3. The van der Waals surface area contributed by atoms with Crippen LogP contribution < -0.4 is 19.7 Å². The second-order valence-electron chi connectivity index (χ2n) is 5.68. The summed E-state index contributed by atoms with van der Waals surface area (Å²) in [5, 5.41) is 2.19. The van der Waals surface area contributed by atoms with E-state index in [0.717, 1.165) is 4.90 Å². The number of hydrogen-bond acceptors (Lipinski definition) is 5. The van der Waals surface area contributed by atoms with Crippen LogP contribution in [0.2, 0.25) is 0 Å². The van der Waals surface area contributed by atoms with Crippen molar-refractivity contribution in [2.45, 2.75) is 0 Å². The molecule has 0 radical (unpaired) electrons. The number of benzene rings is 2. The number of barbiturate groups is 1. The number of rotatable bonds is 4. The minimum atomic E-state index is -0.807. The van der Waals surface area contributed by atoms with E-state index in [1.807, 2.05) is 0 Å². The van der Waals surface area contributed by atoms with Crippen LogP contribution >= 0.6 is 31.9 Å². The topological polar surface area (TPSA) is 84.9 Å². The molecular formula is C19H14Br2N2O5. The summed E-state index contributed by atoms with van der Waals surface area (Å²) in [6.07, 6.45) is 1.39. The summed E-state index contributed by atoms with van der Waals surface area (Å²) in [6.45, 7) is 0. The fraction of sp³-hybridized carbons (Fsp3) is 0.105. The molecule has 1 heterocycles. The first-order chi connectivity index (χ1) is 13.3. The second-order valence-corrected chi connectivity index (χ2v) is 7.45. The zero-order chi connectivity index (χ0) is 20.4. The quantitative estimate of drug-likeness (QED) is 0.499. The van der Waals surface area contributed by atoms with Gasteiger partial charge in [-0.25, -0.2) is 9.69 Å². The number of nitrogens with one attached hydrogen (secondary N) is 1. The Labute approximate surface area is 177 Å². The molecule has 3 rings (SSSR count). The molecule has 0 aromatic heterocycles. The van der Waals surface area contributed by atoms with Gasteiger partial charge >= 0.3 is 6.03 Å². The Hall–Kier alpha value is -2.65. The zero-order valence-corrected chi connectivity index (χ0v) is 18.0. The number of amides is 4. The number of hydrogen-bond donors (Lipinski definition) is 1. The fourth-order valence-electron chi connectivity index (χ4n) is 2.70. The van der Waals surface area contributed by atoms with Crippen molar-refractivity contribution in [2.75, 3.05) is 19.1 Å². The third kappa shape index (κ3) is 3.81. The maximum atomic E-state index is 12.9. The van der Waals surface area contributed by atoms with E-state index >= 15 is 0 Å². The maximum Gasteiger partial charge on any atom is 0.335 e. The number of nitrogens with zero attached hydrogens (tertiary/aromatic N) is 1. The van der Waals surface area contributed by atoms with Crippen LogP contribution in [0.4, 0.5) is 10.5 Å². The third-order valence-corrected chi connectivity index (χ3v) is 5.02. The molecule has 1 N–H and O–H groups in total. The molecule has 28 heavy (non-hydrogen) atoms. The van der Waals surface area contributed by atoms with Crippen molar-refractivity contribution < 1.29 is 23.9 Å². The van der Waals surface area contributed by atoms with Gasteiger partial charge in [0, 0.05) is 4.47 Å². The summed E-state index contributed by atoms with van der Waals surface area (Å²) >= 11 is 6.68. The number of anilines is 1. The Bertz CT molecular complexity index is 1020. The Kier molecular flexibility index (Phi) is 5.85. The molecule has 0 spiro atoms. The molecule has 1 aliphatic heterocycles. The van der Waals surface area contributed by atoms with Gasteiger partial charge in [-0.2, -0.15) is 0 Å². The molecule has 0 aliphatic carbocycles. The molecule has 4 amide bonds. The van der Waals surface area contributed by atoms with Crippen molar-refractivity contribution in [1.29, 1.82) is 0 Å². The van der Waals surface area contributed by atoms with Gasteiger partial charge in [-0.1, -0.05) is 22.0 Å². The van der Waals surface area contributed by atoms with Gasteiger partial charge < -0.3 is 9.47 Å². The largest absolute Gasteiger partial charge is 0.493 e. The van der Waals surface area contributed by atoms with Crippen LogP contribution in [0.5, 0.6) is 11.5 Å². The number of methoxy groups -OCH3 is 2. The van der Waals surface area contributed by atoms with Crippen LogP contribution in [-0.4, -0.2) is 32.1 Å². The predicted molar refractivity (Wildman–Crippen MR) is 110 cm³/mol. The lowest BCUT2D eigenvalue weighted by Gasteiger charge is -2.26. The highest BCUT2D eigenvalue weighted by Gasteiger charge is 2.36. The van der Waals surface area contributed by atoms with Crippen molar-refractivity contribution in [3.8, 4) is 11.5 Å². The van der Waals surface area contributed by atoms with E-state index in [4.69, 9.17) is 9.47 Å². The van der Waals surface area contributed by atoms with Crippen molar-refractivity contribution in [2.24, 2.45) is 0 Å². The zero-order valence-electron chi connectivity index (χ0n) is 14.8. The number of ether oxygens (including phenoxy) is 2. The SMILES string of the molecule is COc1cc(/C=C2/C(=O)NC(=O)N(c3cccc(Br)c3)C2=O)cc(Br)c1OC. The Morgan fingerprint density at radius 2 is 1.79 bits per heavy atom. The van der Waals surface area contributed by atoms with E-state index in [2.05, 4.69) is 37.2 Å². The number of imide groups is 2. The van der Waals surface area contributed by atoms with Gasteiger partial charge in [0.2, 0.25) is 0 Å². The summed E-state index contributed by atoms with van der Waals surface area (Å²) in [6, 6.07) is 9.15. The smallest absolute Gasteiger partial charge is 0.335 e. The van der Waals surface area contributed by atoms with Crippen LogP contribution in [0.3, 0.4) is 0 Å². The van der Waals surface area contributed by atoms with Crippen LogP contribution in [-0.2, 0) is 9.59 Å². The molecule has 2 aromatic carbocycles. The lowest BCUT2D eigenvalue weighted by atomic mass is 10.1. The molecule has 1 aliphatic rings. The highest BCUT2D eigenvalue weighted by molar-refractivity contribution is 9.10. The number of urea groups is 1. The number of halogens is 2. The monoisotopic (exact) mass is 508 g/mol. The van der Waals surface area contributed by atoms with E-state index in [1.165, 1.54) is 20.3 Å². The summed E-state index contributed by atoms with van der Waals surface area (Å²) in [4.78, 5) is 38.4. The predicted octanol–water partition coefficient (Wildman–Crippen LogP) is 3.90.